The van der Waals surface area contributed by atoms with E-state index in [1.165, 1.54) is 16.7 Å². The minimum atomic E-state index is -0.812. The molecule has 0 radical (unpaired) electrons. The van der Waals surface area contributed by atoms with E-state index >= 15 is 0 Å². The Hall–Kier alpha value is -2.70. The Morgan fingerprint density at radius 1 is 1.20 bits per heavy atom. The standard InChI is InChI=1S/C24H32N4O2/c1-6-30-12-11-28-21-14-18(19-9-7-16(2)13-17(19)3)8-10-20(21)27-22(28)15-26-24(4,5)23(25)29/h7-10,13-14,26H,6,11-12,15H2,1-5H3,(H2,25,29). The number of fused-ring (bicyclic) bond motifs is 1. The first-order valence-electron chi connectivity index (χ1n) is 10.4. The molecule has 1 heterocycles. The zero-order chi connectivity index (χ0) is 21.9. The molecule has 160 valence electrons. The van der Waals surface area contributed by atoms with Gasteiger partial charge in [0.05, 0.1) is 29.7 Å². The molecule has 0 atom stereocenters. The number of carbonyl (C=O) groups excluding carboxylic acids is 1. The van der Waals surface area contributed by atoms with E-state index in [2.05, 4.69) is 60.1 Å². The van der Waals surface area contributed by atoms with Gasteiger partial charge in [-0.25, -0.2) is 4.98 Å². The highest BCUT2D eigenvalue weighted by molar-refractivity contribution is 5.84. The molecule has 3 aromatic rings. The lowest BCUT2D eigenvalue weighted by Gasteiger charge is -2.22. The minimum Gasteiger partial charge on any atom is -0.380 e. The van der Waals surface area contributed by atoms with E-state index in [1.54, 1.807) is 13.8 Å². The van der Waals surface area contributed by atoms with Crippen molar-refractivity contribution in [3.05, 3.63) is 53.3 Å². The van der Waals surface area contributed by atoms with Gasteiger partial charge in [0.2, 0.25) is 5.91 Å². The van der Waals surface area contributed by atoms with E-state index in [0.717, 1.165) is 22.4 Å². The molecule has 0 bridgehead atoms. The number of benzene rings is 2. The molecular weight excluding hydrogens is 376 g/mol. The molecular formula is C24H32N4O2. The van der Waals surface area contributed by atoms with Crippen LogP contribution in [0.4, 0.5) is 0 Å². The van der Waals surface area contributed by atoms with Crippen LogP contribution in [0.25, 0.3) is 22.2 Å². The Morgan fingerprint density at radius 2 is 1.97 bits per heavy atom. The first kappa shape index (κ1) is 22.0. The molecule has 0 saturated carbocycles. The van der Waals surface area contributed by atoms with Crippen molar-refractivity contribution in [2.45, 2.75) is 53.2 Å². The summed E-state index contributed by atoms with van der Waals surface area (Å²) in [7, 11) is 0. The van der Waals surface area contributed by atoms with Crippen LogP contribution < -0.4 is 11.1 Å². The predicted octanol–water partition coefficient (Wildman–Crippen LogP) is 3.71. The fourth-order valence-corrected chi connectivity index (χ4v) is 3.55. The number of nitrogens with one attached hydrogen (secondary N) is 1. The molecule has 0 unspecified atom stereocenters. The molecule has 0 saturated heterocycles. The number of aryl methyl sites for hydroxylation is 2. The lowest BCUT2D eigenvalue weighted by Crippen LogP contribution is -2.50. The van der Waals surface area contributed by atoms with Crippen molar-refractivity contribution in [1.29, 1.82) is 0 Å². The third-order valence-corrected chi connectivity index (χ3v) is 5.49. The van der Waals surface area contributed by atoms with Crippen LogP contribution >= 0.6 is 0 Å². The average Bonchev–Trinajstić information content (AvgIpc) is 3.03. The van der Waals surface area contributed by atoms with Gasteiger partial charge >= 0.3 is 0 Å². The van der Waals surface area contributed by atoms with Crippen LogP contribution in [0, 0.1) is 13.8 Å². The maximum absolute atomic E-state index is 11.7. The maximum atomic E-state index is 11.7. The second-order valence-electron chi connectivity index (χ2n) is 8.24. The number of primary amides is 1. The van der Waals surface area contributed by atoms with Crippen molar-refractivity contribution in [1.82, 2.24) is 14.9 Å². The number of nitrogens with zero attached hydrogens (tertiary/aromatic N) is 2. The Balaban J connectivity index is 2.01. The maximum Gasteiger partial charge on any atom is 0.237 e. The van der Waals surface area contributed by atoms with E-state index in [1.807, 2.05) is 6.92 Å². The smallest absolute Gasteiger partial charge is 0.237 e. The second kappa shape index (κ2) is 8.98. The lowest BCUT2D eigenvalue weighted by atomic mass is 9.98. The number of carbonyl (C=O) groups is 1. The van der Waals surface area contributed by atoms with Crippen LogP contribution in [0.15, 0.2) is 36.4 Å². The zero-order valence-corrected chi connectivity index (χ0v) is 18.6. The molecule has 6 nitrogen and oxygen atoms in total. The van der Waals surface area contributed by atoms with Crippen LogP contribution in [0.5, 0.6) is 0 Å². The van der Waals surface area contributed by atoms with Crippen molar-refractivity contribution in [2.24, 2.45) is 5.73 Å². The molecule has 2 aromatic carbocycles. The molecule has 30 heavy (non-hydrogen) atoms. The number of aromatic nitrogens is 2. The first-order valence-corrected chi connectivity index (χ1v) is 10.4. The van der Waals surface area contributed by atoms with Gasteiger partial charge in [0, 0.05) is 13.2 Å². The minimum absolute atomic E-state index is 0.392. The van der Waals surface area contributed by atoms with Crippen molar-refractivity contribution >= 4 is 16.9 Å². The number of imidazole rings is 1. The Bertz CT molecular complexity index is 1050. The summed E-state index contributed by atoms with van der Waals surface area (Å²) in [6, 6.07) is 12.9. The topological polar surface area (TPSA) is 82.2 Å². The highest BCUT2D eigenvalue weighted by Gasteiger charge is 2.25. The number of ether oxygens (including phenoxy) is 1. The molecule has 6 heteroatoms. The predicted molar refractivity (Wildman–Crippen MR) is 121 cm³/mol. The SMILES string of the molecule is CCOCCn1c(CNC(C)(C)C(N)=O)nc2ccc(-c3ccc(C)cc3C)cc21. The quantitative estimate of drug-likeness (QED) is 0.529. The second-order valence-corrected chi connectivity index (χ2v) is 8.24. The van der Waals surface area contributed by atoms with Crippen molar-refractivity contribution in [3.8, 4) is 11.1 Å². The molecule has 0 aliphatic heterocycles. The monoisotopic (exact) mass is 408 g/mol. The summed E-state index contributed by atoms with van der Waals surface area (Å²) in [6.45, 7) is 12.2. The fourth-order valence-electron chi connectivity index (χ4n) is 3.55. The first-order chi connectivity index (χ1) is 14.2. The van der Waals surface area contributed by atoms with Crippen LogP contribution in [-0.4, -0.2) is 34.2 Å². The average molecular weight is 409 g/mol. The number of hydrogen-bond acceptors (Lipinski definition) is 4. The highest BCUT2D eigenvalue weighted by atomic mass is 16.5. The number of nitrogens with two attached hydrogens (primary N) is 1. The Labute approximate surface area is 178 Å². The van der Waals surface area contributed by atoms with Gasteiger partial charge in [-0.15, -0.1) is 0 Å². The highest BCUT2D eigenvalue weighted by Crippen LogP contribution is 2.28. The number of amides is 1. The van der Waals surface area contributed by atoms with Crippen LogP contribution in [-0.2, 0) is 22.6 Å². The van der Waals surface area contributed by atoms with E-state index < -0.39 is 11.4 Å². The van der Waals surface area contributed by atoms with E-state index in [9.17, 15) is 4.79 Å². The molecule has 0 aliphatic rings. The summed E-state index contributed by atoms with van der Waals surface area (Å²) in [5, 5.41) is 3.23. The van der Waals surface area contributed by atoms with Crippen molar-refractivity contribution < 1.29 is 9.53 Å². The fraction of sp³-hybridized carbons (Fsp3) is 0.417. The summed E-state index contributed by atoms with van der Waals surface area (Å²) in [5.74, 6) is 0.466. The van der Waals surface area contributed by atoms with E-state index in [0.29, 0.717) is 26.3 Å². The zero-order valence-electron chi connectivity index (χ0n) is 18.6. The number of rotatable bonds is 9. The molecule has 0 fully saturated rings. The van der Waals surface area contributed by atoms with Gasteiger partial charge in [-0.1, -0.05) is 29.8 Å². The van der Waals surface area contributed by atoms with Crippen LogP contribution in [0.3, 0.4) is 0 Å². The number of hydrogen-bond donors (Lipinski definition) is 2. The van der Waals surface area contributed by atoms with Gasteiger partial charge in [0.25, 0.3) is 0 Å². The van der Waals surface area contributed by atoms with Gasteiger partial charge in [0.1, 0.15) is 5.82 Å². The third-order valence-electron chi connectivity index (χ3n) is 5.49. The molecule has 3 rings (SSSR count). The summed E-state index contributed by atoms with van der Waals surface area (Å²) in [5.41, 5.74) is 11.6. The Morgan fingerprint density at radius 3 is 2.63 bits per heavy atom. The van der Waals surface area contributed by atoms with E-state index in [4.69, 9.17) is 15.5 Å². The molecule has 1 aromatic heterocycles. The van der Waals surface area contributed by atoms with Crippen LogP contribution in [0.2, 0.25) is 0 Å². The molecule has 0 aliphatic carbocycles. The largest absolute Gasteiger partial charge is 0.380 e. The molecule has 0 spiro atoms. The summed E-state index contributed by atoms with van der Waals surface area (Å²) in [4.78, 5) is 16.5. The van der Waals surface area contributed by atoms with Gasteiger partial charge < -0.3 is 15.0 Å². The van der Waals surface area contributed by atoms with Crippen LogP contribution in [0.1, 0.15) is 37.7 Å². The van der Waals surface area contributed by atoms with Gasteiger partial charge in [-0.3, -0.25) is 10.1 Å². The van der Waals surface area contributed by atoms with Gasteiger partial charge in [0.15, 0.2) is 0 Å². The summed E-state index contributed by atoms with van der Waals surface area (Å²) < 4.78 is 7.77. The normalized spacial score (nSPS) is 11.9. The lowest BCUT2D eigenvalue weighted by molar-refractivity contribution is -0.123. The molecule has 1 amide bonds. The third kappa shape index (κ3) is 4.71. The van der Waals surface area contributed by atoms with Gasteiger partial charge in [-0.2, -0.15) is 0 Å². The Kier molecular flexibility index (Phi) is 6.58. The summed E-state index contributed by atoms with van der Waals surface area (Å²) >= 11 is 0. The van der Waals surface area contributed by atoms with Crippen molar-refractivity contribution in [2.75, 3.05) is 13.2 Å². The van der Waals surface area contributed by atoms with Crippen molar-refractivity contribution in [3.63, 3.8) is 0 Å². The van der Waals surface area contributed by atoms with Gasteiger partial charge in [-0.05, 0) is 63.4 Å². The molecule has 3 N–H and O–H groups in total. The van der Waals surface area contributed by atoms with E-state index in [-0.39, 0.29) is 0 Å². The summed E-state index contributed by atoms with van der Waals surface area (Å²) in [6.07, 6.45) is 0.